The van der Waals surface area contributed by atoms with Gasteiger partial charge in [-0.3, -0.25) is 24.1 Å². The number of sulfonamides is 1. The molecule has 17 heteroatoms. The number of likely N-dealkylation sites (N-methyl/N-ethyl adjacent to an activating group) is 2. The predicted octanol–water partition coefficient (Wildman–Crippen LogP) is 6.31. The first-order valence-corrected chi connectivity index (χ1v) is 20.2. The molecule has 0 aliphatic heterocycles. The Balaban J connectivity index is 2.38. The number of nitrogens with zero attached hydrogens (tertiary/aromatic N) is 2. The van der Waals surface area contributed by atoms with Gasteiger partial charge in [0.25, 0.3) is 5.91 Å². The van der Waals surface area contributed by atoms with Crippen LogP contribution >= 0.6 is 0 Å². The predicted molar refractivity (Wildman–Crippen MR) is 216 cm³/mol. The molecule has 5 amide bonds. The lowest BCUT2D eigenvalue weighted by molar-refractivity contribution is -0.167. The third kappa shape index (κ3) is 13.9. The van der Waals surface area contributed by atoms with E-state index in [1.165, 1.54) is 49.0 Å². The van der Waals surface area contributed by atoms with Crippen molar-refractivity contribution in [2.24, 2.45) is 11.3 Å². The van der Waals surface area contributed by atoms with Crippen molar-refractivity contribution in [2.45, 2.75) is 117 Å². The number of anilines is 1. The molecule has 3 atom stereocenters. The number of carbonyl (C=O) groups excluding carboxylic acids is 5. The first-order chi connectivity index (χ1) is 26.3. The largest absolute Gasteiger partial charge is 0.471 e. The first-order valence-electron chi connectivity index (χ1n) is 18.6. The van der Waals surface area contributed by atoms with Crippen LogP contribution in [0.15, 0.2) is 66.2 Å². The summed E-state index contributed by atoms with van der Waals surface area (Å²) in [5.41, 5.74) is -2.04. The summed E-state index contributed by atoms with van der Waals surface area (Å²) < 4.78 is 71.2. The van der Waals surface area contributed by atoms with Crippen LogP contribution in [0.5, 0.6) is 0 Å². The van der Waals surface area contributed by atoms with Crippen molar-refractivity contribution in [3.05, 3.63) is 77.4 Å². The van der Waals surface area contributed by atoms with Gasteiger partial charge in [0.05, 0.1) is 11.8 Å². The average molecular weight is 838 g/mol. The Hall–Kier alpha value is -4.93. The normalized spacial score (nSPS) is 14.5. The lowest BCUT2D eigenvalue weighted by Crippen LogP contribution is -2.63. The maximum absolute atomic E-state index is 14.5. The molecule has 2 aromatic rings. The average Bonchev–Trinajstić information content (AvgIpc) is 3.07. The van der Waals surface area contributed by atoms with Crippen LogP contribution < -0.4 is 15.4 Å². The molecule has 0 aliphatic rings. The summed E-state index contributed by atoms with van der Waals surface area (Å²) in [7, 11) is -1.34. The fraction of sp³-hybridized carbons (Fsp3) is 0.537. The van der Waals surface area contributed by atoms with Crippen LogP contribution in [0.2, 0.25) is 0 Å². The number of carbonyl (C=O) groups is 5. The van der Waals surface area contributed by atoms with Gasteiger partial charge < -0.3 is 20.3 Å². The van der Waals surface area contributed by atoms with Crippen LogP contribution in [0.4, 0.5) is 23.7 Å². The van der Waals surface area contributed by atoms with Crippen molar-refractivity contribution in [3.63, 3.8) is 0 Å². The van der Waals surface area contributed by atoms with Crippen LogP contribution in [0, 0.1) is 11.3 Å². The van der Waals surface area contributed by atoms with E-state index in [9.17, 15) is 45.6 Å². The van der Waals surface area contributed by atoms with Crippen LogP contribution in [0.3, 0.4) is 0 Å². The van der Waals surface area contributed by atoms with Crippen LogP contribution in [-0.4, -0.2) is 91.9 Å². The van der Waals surface area contributed by atoms with Gasteiger partial charge in [-0.05, 0) is 62.3 Å². The quantitative estimate of drug-likeness (QED) is 0.186. The highest BCUT2D eigenvalue weighted by Gasteiger charge is 2.46. The minimum Gasteiger partial charge on any atom is -0.444 e. The van der Waals surface area contributed by atoms with Crippen molar-refractivity contribution < 1.29 is 50.3 Å². The summed E-state index contributed by atoms with van der Waals surface area (Å²) in [5.74, 6) is -5.29. The molecule has 3 N–H and O–H groups in total. The molecule has 58 heavy (non-hydrogen) atoms. The lowest BCUT2D eigenvalue weighted by atomic mass is 9.76. The number of nitrogens with one attached hydrogen (secondary N) is 3. The van der Waals surface area contributed by atoms with E-state index in [1.54, 1.807) is 60.7 Å². The van der Waals surface area contributed by atoms with Crippen molar-refractivity contribution >= 4 is 45.4 Å². The number of hydrogen-bond donors (Lipinski definition) is 3. The second-order valence-electron chi connectivity index (χ2n) is 17.3. The van der Waals surface area contributed by atoms with Crippen molar-refractivity contribution in [1.82, 2.24) is 19.8 Å². The molecule has 13 nitrogen and oxygen atoms in total. The highest BCUT2D eigenvalue weighted by atomic mass is 32.2. The van der Waals surface area contributed by atoms with Gasteiger partial charge in [0.15, 0.2) is 0 Å². The van der Waals surface area contributed by atoms with Crippen LogP contribution in [-0.2, 0) is 45.1 Å². The Morgan fingerprint density at radius 3 is 1.83 bits per heavy atom. The molecule has 0 bridgehead atoms. The number of hydrogen-bond acceptors (Lipinski definition) is 8. The fourth-order valence-electron chi connectivity index (χ4n) is 6.12. The van der Waals surface area contributed by atoms with Gasteiger partial charge in [0.2, 0.25) is 21.8 Å². The molecule has 0 spiro atoms. The first kappa shape index (κ1) is 49.2. The van der Waals surface area contributed by atoms with Crippen molar-refractivity contribution in [2.75, 3.05) is 19.4 Å². The molecular formula is C41H58F3N5O8S. The molecule has 0 radical (unpaired) electrons. The molecule has 0 aliphatic carbocycles. The molecule has 0 fully saturated rings. The topological polar surface area (TPSA) is 171 Å². The summed E-state index contributed by atoms with van der Waals surface area (Å²) in [5, 5.41) is 4.59. The highest BCUT2D eigenvalue weighted by molar-refractivity contribution is 7.89. The van der Waals surface area contributed by atoms with E-state index in [0.29, 0.717) is 0 Å². The van der Waals surface area contributed by atoms with Crippen LogP contribution in [0.1, 0.15) is 87.3 Å². The van der Waals surface area contributed by atoms with Gasteiger partial charge >= 0.3 is 18.2 Å². The Morgan fingerprint density at radius 2 is 1.36 bits per heavy atom. The van der Waals surface area contributed by atoms with Crippen LogP contribution in [0.25, 0.3) is 0 Å². The minimum atomic E-state index is -5.11. The van der Waals surface area contributed by atoms with E-state index in [0.717, 1.165) is 17.7 Å². The van der Waals surface area contributed by atoms with Crippen molar-refractivity contribution in [3.8, 4) is 0 Å². The van der Waals surface area contributed by atoms with Gasteiger partial charge in [0.1, 0.15) is 17.7 Å². The summed E-state index contributed by atoms with van der Waals surface area (Å²) in [4.78, 5) is 69.3. The monoisotopic (exact) mass is 837 g/mol. The van der Waals surface area contributed by atoms with Gasteiger partial charge in [-0.15, -0.1) is 0 Å². The molecular weight excluding hydrogens is 780 g/mol. The summed E-state index contributed by atoms with van der Waals surface area (Å²) >= 11 is 0. The second kappa shape index (κ2) is 18.8. The zero-order valence-electron chi connectivity index (χ0n) is 35.5. The number of amides is 5. The SMILES string of the molecule is C/C(=C\C(C(C)C)N(C)C(=O)C(NC(=O)C(N(C)C(=O)OC(C)(C)C)C(C)(C)c1ccccc1)C(C)(C)C)C(=O)NS(=O)(=O)Cc1ccc(NC(=O)C(F)(F)F)cc1. The highest BCUT2D eigenvalue weighted by Crippen LogP contribution is 2.32. The number of rotatable bonds is 14. The van der Waals surface area contributed by atoms with Crippen molar-refractivity contribution in [1.29, 1.82) is 0 Å². The van der Waals surface area contributed by atoms with E-state index < -0.39 is 86.2 Å². The van der Waals surface area contributed by atoms with E-state index in [-0.39, 0.29) is 22.7 Å². The van der Waals surface area contributed by atoms with E-state index >= 15 is 0 Å². The molecule has 2 rings (SSSR count). The zero-order valence-corrected chi connectivity index (χ0v) is 36.3. The fourth-order valence-corrected chi connectivity index (χ4v) is 7.27. The Labute approximate surface area is 340 Å². The maximum Gasteiger partial charge on any atom is 0.471 e. The van der Waals surface area contributed by atoms with Gasteiger partial charge in [-0.25, -0.2) is 17.9 Å². The molecule has 3 unspecified atom stereocenters. The van der Waals surface area contributed by atoms with E-state index in [1.807, 2.05) is 48.9 Å². The Bertz CT molecular complexity index is 1940. The molecule has 0 saturated heterocycles. The summed E-state index contributed by atoms with van der Waals surface area (Å²) in [6.07, 6.45) is -4.39. The smallest absolute Gasteiger partial charge is 0.444 e. The summed E-state index contributed by atoms with van der Waals surface area (Å²) in [6, 6.07) is 10.7. The maximum atomic E-state index is 14.5. The molecule has 0 heterocycles. The Morgan fingerprint density at radius 1 is 0.828 bits per heavy atom. The minimum absolute atomic E-state index is 0.0351. The third-order valence-electron chi connectivity index (χ3n) is 9.25. The third-order valence-corrected chi connectivity index (χ3v) is 10.5. The molecule has 2 aromatic carbocycles. The van der Waals surface area contributed by atoms with Gasteiger partial charge in [-0.1, -0.05) is 97.0 Å². The lowest BCUT2D eigenvalue weighted by Gasteiger charge is -2.42. The van der Waals surface area contributed by atoms with E-state index in [2.05, 4.69) is 5.32 Å². The molecule has 0 aromatic heterocycles. The Kier molecular flexibility index (Phi) is 15.9. The van der Waals surface area contributed by atoms with Gasteiger partial charge in [-0.2, -0.15) is 13.2 Å². The van der Waals surface area contributed by atoms with E-state index in [4.69, 9.17) is 4.74 Å². The number of ether oxygens (including phenoxy) is 1. The number of benzene rings is 2. The molecule has 0 saturated carbocycles. The number of alkyl halides is 3. The number of halogens is 3. The second-order valence-corrected chi connectivity index (χ2v) is 19.0. The standard InChI is InChI=1S/C41H58F3N5O8S/c1-25(2)30(23-26(3)33(50)47-58(55,56)24-27-19-21-29(22-20-27)45-36(53)41(42,43)44)48(12)35(52)31(38(4,5)6)46-34(51)32(49(13)37(54)57-39(7,8)9)40(10,11)28-17-15-14-16-18-28/h14-23,25,30-32H,24H2,1-13H3,(H,45,53)(H,46,51)(H,47,50)/b26-23+. The zero-order chi connectivity index (χ0) is 44.8. The van der Waals surface area contributed by atoms with Gasteiger partial charge in [0, 0.05) is 30.8 Å². The summed E-state index contributed by atoms with van der Waals surface area (Å²) in [6.45, 7) is 19.1. The molecule has 322 valence electrons.